The van der Waals surface area contributed by atoms with Gasteiger partial charge in [0.05, 0.1) is 11.8 Å². The van der Waals surface area contributed by atoms with E-state index in [2.05, 4.69) is 66.1 Å². The van der Waals surface area contributed by atoms with Gasteiger partial charge in [0.25, 0.3) is 0 Å². The highest BCUT2D eigenvalue weighted by Gasteiger charge is 2.27. The van der Waals surface area contributed by atoms with Crippen LogP contribution in [0.4, 0.5) is 5.69 Å². The summed E-state index contributed by atoms with van der Waals surface area (Å²) in [6.07, 6.45) is 4.78. The van der Waals surface area contributed by atoms with Crippen molar-refractivity contribution in [2.75, 3.05) is 57.4 Å². The summed E-state index contributed by atoms with van der Waals surface area (Å²) in [5.74, 6) is 2.24. The van der Waals surface area contributed by atoms with Crippen molar-refractivity contribution in [3.8, 4) is 11.5 Å². The van der Waals surface area contributed by atoms with Gasteiger partial charge in [0.1, 0.15) is 13.2 Å². The number of rotatable bonds is 11. The summed E-state index contributed by atoms with van der Waals surface area (Å²) in [6, 6.07) is 17.2. The fourth-order valence-corrected chi connectivity index (χ4v) is 5.06. The summed E-state index contributed by atoms with van der Waals surface area (Å²) >= 11 is 0. The van der Waals surface area contributed by atoms with Crippen molar-refractivity contribution in [2.24, 2.45) is 0 Å². The van der Waals surface area contributed by atoms with Crippen LogP contribution in [-0.2, 0) is 4.74 Å². The molecule has 0 aromatic heterocycles. The molecule has 2 aliphatic rings. The maximum atomic E-state index is 6.36. The molecule has 0 spiro atoms. The largest absolute Gasteiger partial charge is 0.486 e. The van der Waals surface area contributed by atoms with Crippen molar-refractivity contribution in [3.05, 3.63) is 54.1 Å². The quantitative estimate of drug-likeness (QED) is 0.459. The van der Waals surface area contributed by atoms with Gasteiger partial charge in [0.2, 0.25) is 0 Å². The van der Waals surface area contributed by atoms with Crippen LogP contribution >= 0.6 is 0 Å². The second-order valence-corrected chi connectivity index (χ2v) is 9.13. The molecule has 0 amide bonds. The van der Waals surface area contributed by atoms with E-state index in [1.165, 1.54) is 11.3 Å². The van der Waals surface area contributed by atoms with Gasteiger partial charge in [0.15, 0.2) is 11.5 Å². The third kappa shape index (κ3) is 6.21. The Labute approximate surface area is 199 Å². The first kappa shape index (κ1) is 23.9. The van der Waals surface area contributed by atoms with Crippen molar-refractivity contribution < 1.29 is 14.2 Å². The van der Waals surface area contributed by atoms with Gasteiger partial charge in [-0.15, -0.1) is 0 Å². The van der Waals surface area contributed by atoms with Gasteiger partial charge in [-0.05, 0) is 43.5 Å². The van der Waals surface area contributed by atoms with E-state index in [0.29, 0.717) is 25.2 Å². The standard InChI is InChI=1S/C28H40N2O3/c1-3-9-26(31-20-4-2)24(23-10-6-5-7-11-23)14-15-29-16-18-30(19-17-29)25-12-8-13-27-28(25)33-22-21-32-27/h5-8,10-13,24,26H,3-4,9,14-22H2,1-2H3. The Kier molecular flexibility index (Phi) is 8.90. The third-order valence-electron chi connectivity index (χ3n) is 6.80. The number of benzene rings is 2. The maximum absolute atomic E-state index is 6.36. The number of hydrogen-bond acceptors (Lipinski definition) is 5. The SMILES string of the molecule is CCCOC(CCC)C(CCN1CCN(c2cccc3c2OCCO3)CC1)c1ccccc1. The van der Waals surface area contributed by atoms with Crippen molar-refractivity contribution in [2.45, 2.75) is 51.6 Å². The number of nitrogens with zero attached hydrogens (tertiary/aromatic N) is 2. The second kappa shape index (κ2) is 12.3. The van der Waals surface area contributed by atoms with Gasteiger partial charge in [-0.1, -0.05) is 56.7 Å². The van der Waals surface area contributed by atoms with E-state index < -0.39 is 0 Å². The van der Waals surface area contributed by atoms with Crippen LogP contribution in [0.15, 0.2) is 48.5 Å². The number of ether oxygens (including phenoxy) is 3. The van der Waals surface area contributed by atoms with E-state index in [-0.39, 0.29) is 0 Å². The smallest absolute Gasteiger partial charge is 0.184 e. The van der Waals surface area contributed by atoms with E-state index in [9.17, 15) is 0 Å². The van der Waals surface area contributed by atoms with Crippen LogP contribution in [0.2, 0.25) is 0 Å². The Morgan fingerprint density at radius 2 is 1.64 bits per heavy atom. The minimum absolute atomic E-state index is 0.298. The predicted molar refractivity (Wildman–Crippen MR) is 135 cm³/mol. The monoisotopic (exact) mass is 452 g/mol. The molecule has 0 saturated carbocycles. The van der Waals surface area contributed by atoms with E-state index in [4.69, 9.17) is 14.2 Å². The molecule has 5 nitrogen and oxygen atoms in total. The molecule has 2 unspecified atom stereocenters. The maximum Gasteiger partial charge on any atom is 0.184 e. The van der Waals surface area contributed by atoms with Gasteiger partial charge in [-0.2, -0.15) is 0 Å². The van der Waals surface area contributed by atoms with Gasteiger partial charge >= 0.3 is 0 Å². The molecule has 1 fully saturated rings. The molecule has 2 atom stereocenters. The number of piperazine rings is 1. The molecule has 0 N–H and O–H groups in total. The van der Waals surface area contributed by atoms with Gasteiger partial charge < -0.3 is 19.1 Å². The summed E-state index contributed by atoms with van der Waals surface area (Å²) in [4.78, 5) is 5.06. The Balaban J connectivity index is 1.36. The molecule has 2 aromatic rings. The van der Waals surface area contributed by atoms with Crippen LogP contribution in [0.1, 0.15) is 51.0 Å². The molecule has 33 heavy (non-hydrogen) atoms. The van der Waals surface area contributed by atoms with Crippen LogP contribution in [0.5, 0.6) is 11.5 Å². The highest BCUT2D eigenvalue weighted by molar-refractivity contribution is 5.65. The average Bonchev–Trinajstić information content (AvgIpc) is 2.88. The number of fused-ring (bicyclic) bond motifs is 1. The summed E-state index contributed by atoms with van der Waals surface area (Å²) in [7, 11) is 0. The van der Waals surface area contributed by atoms with Gasteiger partial charge in [-0.25, -0.2) is 0 Å². The lowest BCUT2D eigenvalue weighted by Crippen LogP contribution is -2.47. The summed E-state index contributed by atoms with van der Waals surface area (Å²) in [5.41, 5.74) is 2.59. The van der Waals surface area contributed by atoms with Crippen molar-refractivity contribution in [1.29, 1.82) is 0 Å². The highest BCUT2D eigenvalue weighted by Crippen LogP contribution is 2.39. The molecule has 2 aliphatic heterocycles. The average molecular weight is 453 g/mol. The lowest BCUT2D eigenvalue weighted by atomic mass is 9.87. The molecule has 0 radical (unpaired) electrons. The van der Waals surface area contributed by atoms with Gasteiger partial charge in [-0.3, -0.25) is 4.90 Å². The Hall–Kier alpha value is -2.24. The highest BCUT2D eigenvalue weighted by atomic mass is 16.6. The molecule has 1 saturated heterocycles. The molecule has 2 aromatic carbocycles. The van der Waals surface area contributed by atoms with E-state index in [0.717, 1.165) is 76.5 Å². The normalized spacial score (nSPS) is 18.2. The van der Waals surface area contributed by atoms with Gasteiger partial charge in [0, 0.05) is 38.7 Å². The second-order valence-electron chi connectivity index (χ2n) is 9.13. The molecular formula is C28H40N2O3. The van der Waals surface area contributed by atoms with E-state index >= 15 is 0 Å². The fraction of sp³-hybridized carbons (Fsp3) is 0.571. The minimum atomic E-state index is 0.298. The lowest BCUT2D eigenvalue weighted by Gasteiger charge is -2.38. The van der Waals surface area contributed by atoms with Crippen molar-refractivity contribution in [1.82, 2.24) is 4.90 Å². The molecule has 5 heteroatoms. The zero-order chi connectivity index (χ0) is 22.9. The fourth-order valence-electron chi connectivity index (χ4n) is 5.06. The molecular weight excluding hydrogens is 412 g/mol. The molecule has 180 valence electrons. The summed E-state index contributed by atoms with van der Waals surface area (Å²) in [5, 5.41) is 0. The Morgan fingerprint density at radius 3 is 2.39 bits per heavy atom. The zero-order valence-corrected chi connectivity index (χ0v) is 20.4. The van der Waals surface area contributed by atoms with Crippen molar-refractivity contribution >= 4 is 5.69 Å². The zero-order valence-electron chi connectivity index (χ0n) is 20.4. The first-order chi connectivity index (χ1) is 16.3. The number of hydrogen-bond donors (Lipinski definition) is 0. The third-order valence-corrected chi connectivity index (χ3v) is 6.80. The number of anilines is 1. The first-order valence-corrected chi connectivity index (χ1v) is 12.8. The van der Waals surface area contributed by atoms with Crippen LogP contribution < -0.4 is 14.4 Å². The molecule has 2 heterocycles. The Morgan fingerprint density at radius 1 is 0.848 bits per heavy atom. The van der Waals surface area contributed by atoms with E-state index in [1.807, 2.05) is 6.07 Å². The van der Waals surface area contributed by atoms with E-state index in [1.54, 1.807) is 0 Å². The molecule has 4 rings (SSSR count). The molecule has 0 aliphatic carbocycles. The lowest BCUT2D eigenvalue weighted by molar-refractivity contribution is 0.0236. The summed E-state index contributed by atoms with van der Waals surface area (Å²) < 4.78 is 18.1. The Bertz CT molecular complexity index is 836. The van der Waals surface area contributed by atoms with Crippen molar-refractivity contribution in [3.63, 3.8) is 0 Å². The first-order valence-electron chi connectivity index (χ1n) is 12.8. The molecule has 0 bridgehead atoms. The number of para-hydroxylation sites is 1. The minimum Gasteiger partial charge on any atom is -0.486 e. The van der Waals surface area contributed by atoms with Crippen LogP contribution in [0, 0.1) is 0 Å². The topological polar surface area (TPSA) is 34.2 Å². The summed E-state index contributed by atoms with van der Waals surface area (Å²) in [6.45, 7) is 11.8. The predicted octanol–water partition coefficient (Wildman–Crippen LogP) is 5.35. The van der Waals surface area contributed by atoms with Crippen LogP contribution in [-0.4, -0.2) is 63.5 Å². The van der Waals surface area contributed by atoms with Crippen LogP contribution in [0.3, 0.4) is 0 Å². The van der Waals surface area contributed by atoms with Crippen LogP contribution in [0.25, 0.3) is 0 Å².